The van der Waals surface area contributed by atoms with Gasteiger partial charge in [0.2, 0.25) is 0 Å². The van der Waals surface area contributed by atoms with E-state index >= 15 is 0 Å². The summed E-state index contributed by atoms with van der Waals surface area (Å²) in [4.78, 5) is 21.8. The van der Waals surface area contributed by atoms with E-state index in [1.807, 2.05) is 32.9 Å². The molecule has 0 spiro atoms. The number of rotatable bonds is 4. The van der Waals surface area contributed by atoms with E-state index in [1.54, 1.807) is 13.1 Å². The SMILES string of the molecule is CC.CNc1ccc(C)cc1C(=O)NCC=O. The van der Waals surface area contributed by atoms with Crippen molar-refractivity contribution in [3.05, 3.63) is 29.3 Å². The molecule has 0 unspecified atom stereocenters. The number of hydrogen-bond acceptors (Lipinski definition) is 3. The van der Waals surface area contributed by atoms with Crippen LogP contribution in [0.2, 0.25) is 0 Å². The zero-order valence-corrected chi connectivity index (χ0v) is 10.8. The topological polar surface area (TPSA) is 58.2 Å². The van der Waals surface area contributed by atoms with Crippen LogP contribution in [-0.4, -0.2) is 25.8 Å². The van der Waals surface area contributed by atoms with Gasteiger partial charge in [0, 0.05) is 12.7 Å². The van der Waals surface area contributed by atoms with E-state index in [9.17, 15) is 9.59 Å². The molecule has 1 rings (SSSR count). The molecule has 2 N–H and O–H groups in total. The lowest BCUT2D eigenvalue weighted by Crippen LogP contribution is -2.25. The lowest BCUT2D eigenvalue weighted by molar-refractivity contribution is -0.107. The lowest BCUT2D eigenvalue weighted by atomic mass is 10.1. The Morgan fingerprint density at radius 3 is 2.53 bits per heavy atom. The number of benzene rings is 1. The van der Waals surface area contributed by atoms with Crippen molar-refractivity contribution in [1.82, 2.24) is 5.32 Å². The molecule has 0 atom stereocenters. The maximum atomic E-state index is 11.6. The van der Waals surface area contributed by atoms with Gasteiger partial charge < -0.3 is 15.4 Å². The fourth-order valence-electron chi connectivity index (χ4n) is 1.29. The normalized spacial score (nSPS) is 8.71. The average Bonchev–Trinajstić information content (AvgIpc) is 2.38. The molecule has 94 valence electrons. The Hall–Kier alpha value is -1.84. The van der Waals surface area contributed by atoms with Gasteiger partial charge in [-0.25, -0.2) is 0 Å². The summed E-state index contributed by atoms with van der Waals surface area (Å²) in [5.41, 5.74) is 2.31. The Balaban J connectivity index is 0.00000121. The van der Waals surface area contributed by atoms with Crippen LogP contribution in [0.4, 0.5) is 5.69 Å². The summed E-state index contributed by atoms with van der Waals surface area (Å²) in [6.07, 6.45) is 0.659. The highest BCUT2D eigenvalue weighted by Crippen LogP contribution is 2.16. The third-order valence-electron chi connectivity index (χ3n) is 2.03. The summed E-state index contributed by atoms with van der Waals surface area (Å²) < 4.78 is 0. The number of hydrogen-bond donors (Lipinski definition) is 2. The largest absolute Gasteiger partial charge is 0.387 e. The van der Waals surface area contributed by atoms with Crippen LogP contribution < -0.4 is 10.6 Å². The van der Waals surface area contributed by atoms with Crippen molar-refractivity contribution in [2.75, 3.05) is 18.9 Å². The third kappa shape index (κ3) is 4.68. The molecular formula is C13H20N2O2. The lowest BCUT2D eigenvalue weighted by Gasteiger charge is -2.09. The van der Waals surface area contributed by atoms with E-state index in [4.69, 9.17) is 0 Å². The highest BCUT2D eigenvalue weighted by atomic mass is 16.2. The number of amides is 1. The minimum atomic E-state index is -0.241. The van der Waals surface area contributed by atoms with Crippen molar-refractivity contribution in [3.63, 3.8) is 0 Å². The Morgan fingerprint density at radius 1 is 1.35 bits per heavy atom. The fourth-order valence-corrected chi connectivity index (χ4v) is 1.29. The summed E-state index contributed by atoms with van der Waals surface area (Å²) in [6, 6.07) is 5.54. The molecule has 4 nitrogen and oxygen atoms in total. The highest BCUT2D eigenvalue weighted by molar-refractivity contribution is 6.00. The summed E-state index contributed by atoms with van der Waals surface area (Å²) in [5, 5.41) is 5.43. The molecule has 0 radical (unpaired) electrons. The molecule has 0 aliphatic rings. The van der Waals surface area contributed by atoms with Crippen LogP contribution in [0.25, 0.3) is 0 Å². The summed E-state index contributed by atoms with van der Waals surface area (Å²) in [7, 11) is 1.75. The van der Waals surface area contributed by atoms with E-state index in [-0.39, 0.29) is 12.5 Å². The zero-order valence-electron chi connectivity index (χ0n) is 10.8. The van der Waals surface area contributed by atoms with E-state index in [0.717, 1.165) is 11.3 Å². The Bertz CT molecular complexity index is 376. The van der Waals surface area contributed by atoms with E-state index in [2.05, 4.69) is 10.6 Å². The highest BCUT2D eigenvalue weighted by Gasteiger charge is 2.09. The molecule has 4 heteroatoms. The van der Waals surface area contributed by atoms with Crippen LogP contribution in [0.1, 0.15) is 29.8 Å². The van der Waals surface area contributed by atoms with Gasteiger partial charge in [0.05, 0.1) is 12.1 Å². The molecule has 0 heterocycles. The number of aldehydes is 1. The smallest absolute Gasteiger partial charge is 0.253 e. The molecule has 1 aromatic carbocycles. The van der Waals surface area contributed by atoms with Crippen molar-refractivity contribution in [3.8, 4) is 0 Å². The van der Waals surface area contributed by atoms with Crippen molar-refractivity contribution < 1.29 is 9.59 Å². The molecule has 1 aromatic rings. The van der Waals surface area contributed by atoms with Crippen molar-refractivity contribution in [2.24, 2.45) is 0 Å². The second kappa shape index (κ2) is 8.33. The van der Waals surface area contributed by atoms with Crippen LogP contribution in [0, 0.1) is 6.92 Å². The maximum absolute atomic E-state index is 11.6. The van der Waals surface area contributed by atoms with Crippen LogP contribution in [0.3, 0.4) is 0 Å². The predicted molar refractivity (Wildman–Crippen MR) is 70.5 cm³/mol. The summed E-state index contributed by atoms with van der Waals surface area (Å²) >= 11 is 0. The number of aryl methyl sites for hydroxylation is 1. The van der Waals surface area contributed by atoms with Crippen LogP contribution in [0.15, 0.2) is 18.2 Å². The first-order valence-electron chi connectivity index (χ1n) is 5.69. The predicted octanol–water partition coefficient (Wildman–Crippen LogP) is 1.99. The molecule has 17 heavy (non-hydrogen) atoms. The van der Waals surface area contributed by atoms with Gasteiger partial charge in [-0.05, 0) is 19.1 Å². The van der Waals surface area contributed by atoms with Gasteiger partial charge in [-0.2, -0.15) is 0 Å². The molecular weight excluding hydrogens is 216 g/mol. The van der Waals surface area contributed by atoms with Crippen molar-refractivity contribution >= 4 is 17.9 Å². The fraction of sp³-hybridized carbons (Fsp3) is 0.385. The molecule has 0 aromatic heterocycles. The van der Waals surface area contributed by atoms with Crippen molar-refractivity contribution in [2.45, 2.75) is 20.8 Å². The van der Waals surface area contributed by atoms with E-state index in [0.29, 0.717) is 11.8 Å². The number of carbonyl (C=O) groups excluding carboxylic acids is 2. The van der Waals surface area contributed by atoms with Gasteiger partial charge >= 0.3 is 0 Å². The van der Waals surface area contributed by atoms with Crippen LogP contribution >= 0.6 is 0 Å². The molecule has 0 saturated heterocycles. The number of anilines is 1. The standard InChI is InChI=1S/C11H14N2O2.C2H6/c1-8-3-4-10(12-2)9(7-8)11(15)13-5-6-14;1-2/h3-4,6-7,12H,5H2,1-2H3,(H,13,15);1-2H3. The Labute approximate surface area is 102 Å². The summed E-state index contributed by atoms with van der Waals surface area (Å²) in [6.45, 7) is 5.95. The molecule has 0 aliphatic carbocycles. The maximum Gasteiger partial charge on any atom is 0.253 e. The average molecular weight is 236 g/mol. The van der Waals surface area contributed by atoms with Gasteiger partial charge in [-0.15, -0.1) is 0 Å². The van der Waals surface area contributed by atoms with Gasteiger partial charge in [0.1, 0.15) is 6.29 Å². The minimum Gasteiger partial charge on any atom is -0.387 e. The summed E-state index contributed by atoms with van der Waals surface area (Å²) in [5.74, 6) is -0.241. The van der Waals surface area contributed by atoms with E-state index in [1.165, 1.54) is 0 Å². The molecule has 1 amide bonds. The Morgan fingerprint density at radius 2 is 2.00 bits per heavy atom. The molecule has 0 saturated carbocycles. The van der Waals surface area contributed by atoms with Gasteiger partial charge in [0.25, 0.3) is 5.91 Å². The van der Waals surface area contributed by atoms with Crippen molar-refractivity contribution in [1.29, 1.82) is 0 Å². The first-order valence-corrected chi connectivity index (χ1v) is 5.69. The molecule has 0 aliphatic heterocycles. The van der Waals surface area contributed by atoms with Crippen LogP contribution in [0.5, 0.6) is 0 Å². The van der Waals surface area contributed by atoms with Gasteiger partial charge in [-0.3, -0.25) is 4.79 Å². The third-order valence-corrected chi connectivity index (χ3v) is 2.03. The van der Waals surface area contributed by atoms with E-state index < -0.39 is 0 Å². The number of nitrogens with one attached hydrogen (secondary N) is 2. The van der Waals surface area contributed by atoms with Crippen LogP contribution in [-0.2, 0) is 4.79 Å². The molecule has 0 bridgehead atoms. The van der Waals surface area contributed by atoms with Gasteiger partial charge in [-0.1, -0.05) is 25.5 Å². The monoisotopic (exact) mass is 236 g/mol. The number of carbonyl (C=O) groups is 2. The second-order valence-corrected chi connectivity index (χ2v) is 3.18. The minimum absolute atomic E-state index is 0.0376. The quantitative estimate of drug-likeness (QED) is 0.786. The Kier molecular flexibility index (Phi) is 7.43. The van der Waals surface area contributed by atoms with Gasteiger partial charge in [0.15, 0.2) is 0 Å². The molecule has 0 fully saturated rings. The first kappa shape index (κ1) is 15.2. The first-order chi connectivity index (χ1) is 8.19. The second-order valence-electron chi connectivity index (χ2n) is 3.18. The zero-order chi connectivity index (χ0) is 13.3.